The van der Waals surface area contributed by atoms with Gasteiger partial charge in [-0.2, -0.15) is 0 Å². The number of hydrogen-bond acceptors (Lipinski definition) is 5. The molecule has 0 unspecified atom stereocenters. The van der Waals surface area contributed by atoms with E-state index in [4.69, 9.17) is 0 Å². The molecule has 1 fully saturated rings. The predicted octanol–water partition coefficient (Wildman–Crippen LogP) is 2.51. The van der Waals surface area contributed by atoms with Gasteiger partial charge >= 0.3 is 5.97 Å². The number of nitrogens with zero attached hydrogens (tertiary/aromatic N) is 1. The van der Waals surface area contributed by atoms with Crippen LogP contribution >= 0.6 is 0 Å². The third-order valence-corrected chi connectivity index (χ3v) is 5.76. The van der Waals surface area contributed by atoms with E-state index in [2.05, 4.69) is 9.46 Å². The molecule has 1 heterocycles. The van der Waals surface area contributed by atoms with Gasteiger partial charge in [-0.15, -0.1) is 0 Å². The van der Waals surface area contributed by atoms with Crippen LogP contribution in [0.1, 0.15) is 33.6 Å². The molecule has 1 saturated heterocycles. The van der Waals surface area contributed by atoms with Gasteiger partial charge in [0.05, 0.1) is 23.3 Å². The van der Waals surface area contributed by atoms with Crippen molar-refractivity contribution in [3.63, 3.8) is 0 Å². The van der Waals surface area contributed by atoms with Crippen molar-refractivity contribution in [3.8, 4) is 0 Å². The molecule has 2 aromatic carbocycles. The first-order valence-electron chi connectivity index (χ1n) is 8.52. The minimum Gasteiger partial charge on any atom is -0.465 e. The van der Waals surface area contributed by atoms with Crippen LogP contribution in [0, 0.1) is 0 Å². The summed E-state index contributed by atoms with van der Waals surface area (Å²) in [5.41, 5.74) is 0.691. The Morgan fingerprint density at radius 1 is 1.00 bits per heavy atom. The van der Waals surface area contributed by atoms with Crippen LogP contribution in [0.3, 0.4) is 0 Å². The van der Waals surface area contributed by atoms with Gasteiger partial charge in [-0.3, -0.25) is 9.52 Å². The Kier molecular flexibility index (Phi) is 5.46. The van der Waals surface area contributed by atoms with Crippen LogP contribution in [-0.2, 0) is 14.8 Å². The monoisotopic (exact) mass is 388 g/mol. The lowest BCUT2D eigenvalue weighted by Gasteiger charge is -2.15. The Balaban J connectivity index is 1.82. The average molecular weight is 388 g/mol. The first-order chi connectivity index (χ1) is 12.9. The topological polar surface area (TPSA) is 92.8 Å². The lowest BCUT2D eigenvalue weighted by atomic mass is 10.2. The zero-order valence-corrected chi connectivity index (χ0v) is 15.7. The van der Waals surface area contributed by atoms with Gasteiger partial charge in [0.1, 0.15) is 0 Å². The average Bonchev–Trinajstić information content (AvgIpc) is 3.22. The van der Waals surface area contributed by atoms with Crippen LogP contribution in [-0.4, -0.2) is 45.4 Å². The van der Waals surface area contributed by atoms with Crippen molar-refractivity contribution >= 4 is 27.6 Å². The number of carbonyl (C=O) groups is 2. The van der Waals surface area contributed by atoms with E-state index in [1.807, 2.05) is 0 Å². The van der Waals surface area contributed by atoms with Crippen LogP contribution in [0.15, 0.2) is 53.4 Å². The molecule has 0 saturated carbocycles. The largest absolute Gasteiger partial charge is 0.465 e. The number of anilines is 1. The molecule has 8 heteroatoms. The van der Waals surface area contributed by atoms with Crippen molar-refractivity contribution in [2.75, 3.05) is 24.9 Å². The van der Waals surface area contributed by atoms with Crippen molar-refractivity contribution in [2.45, 2.75) is 17.7 Å². The van der Waals surface area contributed by atoms with Crippen molar-refractivity contribution < 1.29 is 22.7 Å². The Morgan fingerprint density at radius 3 is 2.26 bits per heavy atom. The van der Waals surface area contributed by atoms with Gasteiger partial charge in [0, 0.05) is 18.7 Å². The lowest BCUT2D eigenvalue weighted by molar-refractivity contribution is 0.0601. The zero-order valence-electron chi connectivity index (χ0n) is 14.8. The summed E-state index contributed by atoms with van der Waals surface area (Å²) in [5.74, 6) is -0.736. The van der Waals surface area contributed by atoms with E-state index in [1.165, 1.54) is 43.5 Å². The van der Waals surface area contributed by atoms with E-state index in [0.717, 1.165) is 25.9 Å². The fraction of sp³-hybridized carbons (Fsp3) is 0.263. The van der Waals surface area contributed by atoms with E-state index < -0.39 is 16.0 Å². The van der Waals surface area contributed by atoms with Gasteiger partial charge in [0.2, 0.25) is 0 Å². The number of esters is 1. The van der Waals surface area contributed by atoms with Crippen molar-refractivity contribution in [2.24, 2.45) is 0 Å². The first-order valence-corrected chi connectivity index (χ1v) is 10.0. The smallest absolute Gasteiger partial charge is 0.339 e. The van der Waals surface area contributed by atoms with E-state index in [-0.39, 0.29) is 22.1 Å². The molecule has 0 bridgehead atoms. The second kappa shape index (κ2) is 7.79. The SMILES string of the molecule is COC(=O)c1ccccc1NS(=O)(=O)c1ccc(C(=O)N2CCCC2)cc1. The number of carbonyl (C=O) groups excluding carboxylic acids is 2. The maximum atomic E-state index is 12.6. The summed E-state index contributed by atoms with van der Waals surface area (Å²) in [6.45, 7) is 1.45. The molecule has 142 valence electrons. The molecule has 1 amide bonds. The Bertz CT molecular complexity index is 948. The van der Waals surface area contributed by atoms with Gasteiger partial charge in [0.25, 0.3) is 15.9 Å². The normalized spacial score (nSPS) is 14.0. The summed E-state index contributed by atoms with van der Waals surface area (Å²) in [6, 6.07) is 11.9. The minimum atomic E-state index is -3.92. The molecule has 3 rings (SSSR count). The number of sulfonamides is 1. The molecular weight excluding hydrogens is 368 g/mol. The third-order valence-electron chi connectivity index (χ3n) is 4.38. The summed E-state index contributed by atoms with van der Waals surface area (Å²) in [5, 5.41) is 0. The van der Waals surface area contributed by atoms with E-state index in [0.29, 0.717) is 5.56 Å². The molecule has 0 radical (unpaired) electrons. The van der Waals surface area contributed by atoms with Crippen LogP contribution in [0.4, 0.5) is 5.69 Å². The number of nitrogens with one attached hydrogen (secondary N) is 1. The molecule has 0 aliphatic carbocycles. The number of ether oxygens (including phenoxy) is 1. The van der Waals surface area contributed by atoms with E-state index >= 15 is 0 Å². The molecule has 2 aromatic rings. The number of likely N-dealkylation sites (tertiary alicyclic amines) is 1. The summed E-state index contributed by atoms with van der Waals surface area (Å²) < 4.78 is 32.4. The standard InChI is InChI=1S/C19H20N2O5S/c1-26-19(23)16-6-2-3-7-17(16)20-27(24,25)15-10-8-14(9-11-15)18(22)21-12-4-5-13-21/h2-3,6-11,20H,4-5,12-13H2,1H3. The maximum Gasteiger partial charge on any atom is 0.339 e. The number of para-hydroxylation sites is 1. The molecule has 1 aliphatic rings. The van der Waals surface area contributed by atoms with Crippen LogP contribution in [0.2, 0.25) is 0 Å². The Labute approximate surface area is 158 Å². The van der Waals surface area contributed by atoms with Gasteiger partial charge in [-0.1, -0.05) is 12.1 Å². The maximum absolute atomic E-state index is 12.6. The van der Waals surface area contributed by atoms with Crippen LogP contribution in [0.25, 0.3) is 0 Å². The van der Waals surface area contributed by atoms with Crippen molar-refractivity contribution in [1.29, 1.82) is 0 Å². The zero-order chi connectivity index (χ0) is 19.4. The van der Waals surface area contributed by atoms with Crippen LogP contribution < -0.4 is 4.72 Å². The minimum absolute atomic E-state index is 0.000130. The molecule has 1 aliphatic heterocycles. The Hall–Kier alpha value is -2.87. The predicted molar refractivity (Wildman–Crippen MR) is 100 cm³/mol. The second-order valence-electron chi connectivity index (χ2n) is 6.17. The summed E-state index contributed by atoms with van der Waals surface area (Å²) in [6.07, 6.45) is 1.98. The molecule has 7 nitrogen and oxygen atoms in total. The Morgan fingerprint density at radius 2 is 1.63 bits per heavy atom. The second-order valence-corrected chi connectivity index (χ2v) is 7.85. The summed E-state index contributed by atoms with van der Waals surface area (Å²) in [7, 11) is -2.70. The fourth-order valence-electron chi connectivity index (χ4n) is 2.94. The summed E-state index contributed by atoms with van der Waals surface area (Å²) in [4.78, 5) is 25.9. The quantitative estimate of drug-likeness (QED) is 0.795. The molecule has 1 N–H and O–H groups in total. The molecule has 0 aromatic heterocycles. The summed E-state index contributed by atoms with van der Waals surface area (Å²) >= 11 is 0. The fourth-order valence-corrected chi connectivity index (χ4v) is 4.02. The number of benzene rings is 2. The molecular formula is C19H20N2O5S. The lowest BCUT2D eigenvalue weighted by Crippen LogP contribution is -2.27. The number of hydrogen-bond donors (Lipinski definition) is 1. The highest BCUT2D eigenvalue weighted by Crippen LogP contribution is 2.22. The number of methoxy groups -OCH3 is 1. The van der Waals surface area contributed by atoms with Crippen LogP contribution in [0.5, 0.6) is 0 Å². The van der Waals surface area contributed by atoms with Gasteiger partial charge < -0.3 is 9.64 Å². The van der Waals surface area contributed by atoms with Gasteiger partial charge in [-0.05, 0) is 49.2 Å². The number of rotatable bonds is 5. The van der Waals surface area contributed by atoms with Crippen molar-refractivity contribution in [3.05, 3.63) is 59.7 Å². The van der Waals surface area contributed by atoms with Gasteiger partial charge in [0.15, 0.2) is 0 Å². The van der Waals surface area contributed by atoms with E-state index in [9.17, 15) is 18.0 Å². The van der Waals surface area contributed by atoms with Crippen molar-refractivity contribution in [1.82, 2.24) is 4.90 Å². The molecule has 27 heavy (non-hydrogen) atoms. The third kappa shape index (κ3) is 4.11. The number of amides is 1. The highest BCUT2D eigenvalue weighted by atomic mass is 32.2. The highest BCUT2D eigenvalue weighted by Gasteiger charge is 2.22. The first kappa shape index (κ1) is 18.9. The van der Waals surface area contributed by atoms with Gasteiger partial charge in [-0.25, -0.2) is 13.2 Å². The molecule has 0 spiro atoms. The van der Waals surface area contributed by atoms with E-state index in [1.54, 1.807) is 17.0 Å². The highest BCUT2D eigenvalue weighted by molar-refractivity contribution is 7.92. The molecule has 0 atom stereocenters.